The standard InChI is InChI=1S/C13H18N2O5/c1-13(2,3)20-12(19)15-9(11(17)18)10(16)8-4-6-14-7-5-8/h4-7,9-10,16H,1-3H3,(H,15,19)(H,17,18)/t9-,10+/m0/s1. The van der Waals surface area contributed by atoms with Crippen molar-refractivity contribution in [3.05, 3.63) is 30.1 Å². The Morgan fingerprint density at radius 1 is 1.30 bits per heavy atom. The number of aromatic nitrogens is 1. The van der Waals surface area contributed by atoms with Crippen LogP contribution < -0.4 is 5.32 Å². The summed E-state index contributed by atoms with van der Waals surface area (Å²) in [5, 5.41) is 21.3. The lowest BCUT2D eigenvalue weighted by Gasteiger charge is -2.24. The molecule has 7 heteroatoms. The van der Waals surface area contributed by atoms with E-state index in [1.165, 1.54) is 24.5 Å². The van der Waals surface area contributed by atoms with Gasteiger partial charge in [0.1, 0.15) is 11.7 Å². The summed E-state index contributed by atoms with van der Waals surface area (Å²) >= 11 is 0. The van der Waals surface area contributed by atoms with Gasteiger partial charge in [-0.15, -0.1) is 0 Å². The number of aliphatic hydroxyl groups is 1. The molecule has 1 aromatic heterocycles. The van der Waals surface area contributed by atoms with Crippen molar-refractivity contribution in [2.24, 2.45) is 0 Å². The highest BCUT2D eigenvalue weighted by molar-refractivity contribution is 5.80. The number of hydrogen-bond acceptors (Lipinski definition) is 5. The first-order chi connectivity index (χ1) is 9.20. The third-order valence-corrected chi connectivity index (χ3v) is 2.30. The Labute approximate surface area is 116 Å². The molecule has 0 unspecified atom stereocenters. The lowest BCUT2D eigenvalue weighted by molar-refractivity contribution is -0.142. The molecule has 1 heterocycles. The predicted octanol–water partition coefficient (Wildman–Crippen LogP) is 1.09. The van der Waals surface area contributed by atoms with Crippen LogP contribution in [0.5, 0.6) is 0 Å². The van der Waals surface area contributed by atoms with E-state index in [4.69, 9.17) is 9.84 Å². The number of hydrogen-bond donors (Lipinski definition) is 3. The first-order valence-corrected chi connectivity index (χ1v) is 6.01. The van der Waals surface area contributed by atoms with E-state index in [0.717, 1.165) is 0 Å². The van der Waals surface area contributed by atoms with Gasteiger partial charge in [0.15, 0.2) is 6.04 Å². The van der Waals surface area contributed by atoms with Gasteiger partial charge in [0.25, 0.3) is 0 Å². The van der Waals surface area contributed by atoms with Gasteiger partial charge in [-0.1, -0.05) is 0 Å². The van der Waals surface area contributed by atoms with Gasteiger partial charge in [-0.05, 0) is 38.5 Å². The maximum Gasteiger partial charge on any atom is 0.408 e. The number of aliphatic carboxylic acids is 1. The maximum atomic E-state index is 11.6. The zero-order valence-corrected chi connectivity index (χ0v) is 11.5. The van der Waals surface area contributed by atoms with Crippen molar-refractivity contribution in [1.82, 2.24) is 10.3 Å². The van der Waals surface area contributed by atoms with Crippen LogP contribution in [0.3, 0.4) is 0 Å². The summed E-state index contributed by atoms with van der Waals surface area (Å²) < 4.78 is 4.97. The smallest absolute Gasteiger partial charge is 0.408 e. The Morgan fingerprint density at radius 3 is 2.30 bits per heavy atom. The largest absolute Gasteiger partial charge is 0.480 e. The van der Waals surface area contributed by atoms with E-state index in [0.29, 0.717) is 5.56 Å². The lowest BCUT2D eigenvalue weighted by Crippen LogP contribution is -2.46. The minimum Gasteiger partial charge on any atom is -0.480 e. The number of pyridine rings is 1. The van der Waals surface area contributed by atoms with E-state index in [2.05, 4.69) is 10.3 Å². The van der Waals surface area contributed by atoms with Crippen LogP contribution in [0.15, 0.2) is 24.5 Å². The number of rotatable bonds is 4. The van der Waals surface area contributed by atoms with Gasteiger partial charge in [0.05, 0.1) is 0 Å². The summed E-state index contributed by atoms with van der Waals surface area (Å²) in [5.41, 5.74) is -0.419. The summed E-state index contributed by atoms with van der Waals surface area (Å²) in [4.78, 5) is 26.5. The highest BCUT2D eigenvalue weighted by Crippen LogP contribution is 2.17. The van der Waals surface area contributed by atoms with Gasteiger partial charge in [0, 0.05) is 12.4 Å². The molecule has 0 saturated carbocycles. The molecule has 0 fully saturated rings. The fourth-order valence-electron chi connectivity index (χ4n) is 1.46. The van der Waals surface area contributed by atoms with Crippen LogP contribution in [-0.4, -0.2) is 38.9 Å². The SMILES string of the molecule is CC(C)(C)OC(=O)N[C@H](C(=O)O)[C@H](O)c1ccncc1. The molecular weight excluding hydrogens is 264 g/mol. The van der Waals surface area contributed by atoms with Crippen molar-refractivity contribution >= 4 is 12.1 Å². The van der Waals surface area contributed by atoms with Crippen LogP contribution >= 0.6 is 0 Å². The highest BCUT2D eigenvalue weighted by atomic mass is 16.6. The van der Waals surface area contributed by atoms with Crippen LogP contribution in [0.1, 0.15) is 32.4 Å². The molecular formula is C13H18N2O5. The molecule has 2 atom stereocenters. The Hall–Kier alpha value is -2.15. The molecule has 0 bridgehead atoms. The Bertz CT molecular complexity index is 469. The van der Waals surface area contributed by atoms with Crippen LogP contribution in [0.4, 0.5) is 4.79 Å². The van der Waals surface area contributed by atoms with Crippen LogP contribution in [0.25, 0.3) is 0 Å². The summed E-state index contributed by atoms with van der Waals surface area (Å²) in [7, 11) is 0. The first-order valence-electron chi connectivity index (χ1n) is 6.01. The minimum absolute atomic E-state index is 0.337. The van der Waals surface area contributed by atoms with Crippen molar-refractivity contribution < 1.29 is 24.5 Å². The highest BCUT2D eigenvalue weighted by Gasteiger charge is 2.31. The molecule has 1 amide bonds. The topological polar surface area (TPSA) is 109 Å². The van der Waals surface area contributed by atoms with E-state index in [1.807, 2.05) is 0 Å². The van der Waals surface area contributed by atoms with Crippen molar-refractivity contribution in [3.63, 3.8) is 0 Å². The number of carboxylic acid groups (broad SMARTS) is 1. The molecule has 0 spiro atoms. The Balaban J connectivity index is 2.80. The van der Waals surface area contributed by atoms with Gasteiger partial charge in [-0.25, -0.2) is 9.59 Å². The second-order valence-corrected chi connectivity index (χ2v) is 5.19. The molecule has 1 rings (SSSR count). The number of carbonyl (C=O) groups excluding carboxylic acids is 1. The quantitative estimate of drug-likeness (QED) is 0.762. The molecule has 3 N–H and O–H groups in total. The zero-order valence-electron chi connectivity index (χ0n) is 11.5. The van der Waals surface area contributed by atoms with E-state index >= 15 is 0 Å². The number of aliphatic hydroxyl groups excluding tert-OH is 1. The molecule has 0 aromatic carbocycles. The van der Waals surface area contributed by atoms with E-state index in [9.17, 15) is 14.7 Å². The monoisotopic (exact) mass is 282 g/mol. The first kappa shape index (κ1) is 15.9. The molecule has 0 aliphatic heterocycles. The molecule has 20 heavy (non-hydrogen) atoms. The maximum absolute atomic E-state index is 11.6. The van der Waals surface area contributed by atoms with E-state index < -0.39 is 29.8 Å². The summed E-state index contributed by atoms with van der Waals surface area (Å²) in [6.07, 6.45) is 0.539. The van der Waals surface area contributed by atoms with E-state index in [1.54, 1.807) is 20.8 Å². The average Bonchev–Trinajstić information content (AvgIpc) is 2.34. The Morgan fingerprint density at radius 2 is 1.85 bits per heavy atom. The van der Waals surface area contributed by atoms with Crippen LogP contribution in [0.2, 0.25) is 0 Å². The van der Waals surface area contributed by atoms with Crippen molar-refractivity contribution in [2.45, 2.75) is 38.5 Å². The van der Waals surface area contributed by atoms with Gasteiger partial charge < -0.3 is 20.3 Å². The third kappa shape index (κ3) is 4.85. The fraction of sp³-hybridized carbons (Fsp3) is 0.462. The number of carbonyl (C=O) groups is 2. The van der Waals surface area contributed by atoms with Gasteiger partial charge in [0.2, 0.25) is 0 Å². The molecule has 1 aromatic rings. The van der Waals surface area contributed by atoms with Gasteiger partial charge in [-0.3, -0.25) is 4.98 Å². The normalized spacial score (nSPS) is 14.2. The second kappa shape index (κ2) is 6.33. The number of nitrogens with one attached hydrogen (secondary N) is 1. The average molecular weight is 282 g/mol. The second-order valence-electron chi connectivity index (χ2n) is 5.19. The van der Waals surface area contributed by atoms with Crippen LogP contribution in [-0.2, 0) is 9.53 Å². The summed E-state index contributed by atoms with van der Waals surface area (Å²) in [6.45, 7) is 4.96. The van der Waals surface area contributed by atoms with Crippen LogP contribution in [0, 0.1) is 0 Å². The van der Waals surface area contributed by atoms with Crippen molar-refractivity contribution in [3.8, 4) is 0 Å². The lowest BCUT2D eigenvalue weighted by atomic mass is 10.0. The number of nitrogens with zero attached hydrogens (tertiary/aromatic N) is 1. The number of amides is 1. The molecule has 0 radical (unpaired) electrons. The fourth-order valence-corrected chi connectivity index (χ4v) is 1.46. The van der Waals surface area contributed by atoms with E-state index in [-0.39, 0.29) is 0 Å². The number of ether oxygens (including phenoxy) is 1. The summed E-state index contributed by atoms with van der Waals surface area (Å²) in [6, 6.07) is 1.43. The molecule has 0 saturated heterocycles. The molecule has 7 nitrogen and oxygen atoms in total. The number of alkyl carbamates (subject to hydrolysis) is 1. The predicted molar refractivity (Wildman–Crippen MR) is 70.0 cm³/mol. The van der Waals surface area contributed by atoms with Gasteiger partial charge in [-0.2, -0.15) is 0 Å². The zero-order chi connectivity index (χ0) is 15.3. The molecule has 0 aliphatic rings. The molecule has 0 aliphatic carbocycles. The van der Waals surface area contributed by atoms with Gasteiger partial charge >= 0.3 is 12.1 Å². The third-order valence-electron chi connectivity index (χ3n) is 2.30. The minimum atomic E-state index is -1.51. The Kier molecular flexibility index (Phi) is 5.04. The van der Waals surface area contributed by atoms with Crippen molar-refractivity contribution in [1.29, 1.82) is 0 Å². The number of carboxylic acids is 1. The van der Waals surface area contributed by atoms with Crippen molar-refractivity contribution in [2.75, 3.05) is 0 Å². The molecule has 110 valence electrons. The summed E-state index contributed by atoms with van der Waals surface area (Å²) in [5.74, 6) is -1.36.